The first-order valence-electron chi connectivity index (χ1n) is 9.94. The lowest BCUT2D eigenvalue weighted by Gasteiger charge is -2.22. The van der Waals surface area contributed by atoms with Crippen molar-refractivity contribution in [2.75, 3.05) is 32.9 Å². The number of halogens is 1. The maximum atomic E-state index is 14.5. The van der Waals surface area contributed by atoms with Gasteiger partial charge in [-0.05, 0) is 44.7 Å². The van der Waals surface area contributed by atoms with Gasteiger partial charge in [0.05, 0.1) is 18.2 Å². The first kappa shape index (κ1) is 19.3. The lowest BCUT2D eigenvalue weighted by molar-refractivity contribution is 0.0178. The van der Waals surface area contributed by atoms with Crippen molar-refractivity contribution in [3.8, 4) is 5.75 Å². The zero-order valence-electron chi connectivity index (χ0n) is 15.8. The number of ether oxygens (including phenoxy) is 3. The molecule has 2 saturated heterocycles. The fraction of sp³-hybridized carbons (Fsp3) is 0.600. The largest absolute Gasteiger partial charge is 0.493 e. The van der Waals surface area contributed by atoms with Gasteiger partial charge in [-0.3, -0.25) is 4.79 Å². The fourth-order valence-corrected chi connectivity index (χ4v) is 3.69. The molecule has 28 heavy (non-hydrogen) atoms. The third kappa shape index (κ3) is 4.68. The standard InChI is InChI=1S/C20H26FN3O4/c21-16-9-15(27-11-13-3-7-26-8-4-13)10-17-19(16)20(25)24-18(23-17)12-28-14-1-5-22-6-2-14/h9-10,13-14,22H,1-8,11-12H2,(H,23,24,25). The number of aromatic amines is 1. The molecule has 8 heteroatoms. The number of fused-ring (bicyclic) bond motifs is 1. The molecule has 152 valence electrons. The van der Waals surface area contributed by atoms with Crippen molar-refractivity contribution >= 4 is 10.9 Å². The molecule has 0 bridgehead atoms. The highest BCUT2D eigenvalue weighted by molar-refractivity contribution is 5.79. The molecule has 3 heterocycles. The Morgan fingerprint density at radius 1 is 1.18 bits per heavy atom. The Kier molecular flexibility index (Phi) is 6.19. The SMILES string of the molecule is O=c1[nH]c(COC2CCNCC2)nc2cc(OCC3CCOCC3)cc(F)c12. The van der Waals surface area contributed by atoms with Crippen LogP contribution in [0.1, 0.15) is 31.5 Å². The zero-order valence-corrected chi connectivity index (χ0v) is 15.8. The average Bonchev–Trinajstić information content (AvgIpc) is 2.72. The number of aromatic nitrogens is 2. The van der Waals surface area contributed by atoms with Crippen molar-refractivity contribution in [1.82, 2.24) is 15.3 Å². The molecule has 2 aliphatic rings. The van der Waals surface area contributed by atoms with Crippen molar-refractivity contribution < 1.29 is 18.6 Å². The number of rotatable bonds is 6. The van der Waals surface area contributed by atoms with Crippen molar-refractivity contribution in [3.63, 3.8) is 0 Å². The molecule has 0 amide bonds. The normalized spacial score (nSPS) is 19.2. The van der Waals surface area contributed by atoms with Crippen LogP contribution in [0.15, 0.2) is 16.9 Å². The Hall–Kier alpha value is -2.03. The maximum Gasteiger partial charge on any atom is 0.261 e. The van der Waals surface area contributed by atoms with E-state index in [0.717, 1.165) is 52.0 Å². The summed E-state index contributed by atoms with van der Waals surface area (Å²) < 4.78 is 31.5. The number of nitrogens with one attached hydrogen (secondary N) is 2. The maximum absolute atomic E-state index is 14.5. The Labute approximate surface area is 162 Å². The van der Waals surface area contributed by atoms with Crippen LogP contribution in [0.5, 0.6) is 5.75 Å². The Morgan fingerprint density at radius 2 is 1.96 bits per heavy atom. The van der Waals surface area contributed by atoms with E-state index in [1.165, 1.54) is 6.07 Å². The molecule has 2 aliphatic heterocycles. The lowest BCUT2D eigenvalue weighted by Crippen LogP contribution is -2.32. The highest BCUT2D eigenvalue weighted by Gasteiger charge is 2.17. The second-order valence-corrected chi connectivity index (χ2v) is 7.44. The smallest absolute Gasteiger partial charge is 0.261 e. The minimum atomic E-state index is -0.626. The second kappa shape index (κ2) is 8.98. The van der Waals surface area contributed by atoms with Crippen LogP contribution < -0.4 is 15.6 Å². The molecule has 0 aliphatic carbocycles. The third-order valence-electron chi connectivity index (χ3n) is 5.35. The van der Waals surface area contributed by atoms with Gasteiger partial charge < -0.3 is 24.5 Å². The van der Waals surface area contributed by atoms with Gasteiger partial charge in [-0.15, -0.1) is 0 Å². The van der Waals surface area contributed by atoms with Crippen molar-refractivity contribution in [3.05, 3.63) is 34.1 Å². The predicted octanol–water partition coefficient (Wildman–Crippen LogP) is 2.14. The quantitative estimate of drug-likeness (QED) is 0.785. The van der Waals surface area contributed by atoms with Crippen LogP contribution in [0.25, 0.3) is 10.9 Å². The van der Waals surface area contributed by atoms with E-state index in [0.29, 0.717) is 24.1 Å². The summed E-state index contributed by atoms with van der Waals surface area (Å²) in [6.45, 7) is 4.01. The summed E-state index contributed by atoms with van der Waals surface area (Å²) in [7, 11) is 0. The molecular weight excluding hydrogens is 365 g/mol. The van der Waals surface area contributed by atoms with Crippen LogP contribution in [0.3, 0.4) is 0 Å². The van der Waals surface area contributed by atoms with E-state index in [4.69, 9.17) is 14.2 Å². The van der Waals surface area contributed by atoms with Crippen LogP contribution in [0.2, 0.25) is 0 Å². The second-order valence-electron chi connectivity index (χ2n) is 7.44. The van der Waals surface area contributed by atoms with Gasteiger partial charge in [-0.1, -0.05) is 0 Å². The highest BCUT2D eigenvalue weighted by Crippen LogP contribution is 2.23. The summed E-state index contributed by atoms with van der Waals surface area (Å²) in [5.74, 6) is 0.560. The van der Waals surface area contributed by atoms with E-state index in [9.17, 15) is 9.18 Å². The zero-order chi connectivity index (χ0) is 19.3. The Balaban J connectivity index is 1.48. The average molecular weight is 391 g/mol. The van der Waals surface area contributed by atoms with Crippen LogP contribution >= 0.6 is 0 Å². The van der Waals surface area contributed by atoms with E-state index >= 15 is 0 Å². The molecule has 0 radical (unpaired) electrons. The van der Waals surface area contributed by atoms with Crippen molar-refractivity contribution in [2.45, 2.75) is 38.4 Å². The van der Waals surface area contributed by atoms with Crippen LogP contribution in [-0.2, 0) is 16.1 Å². The summed E-state index contributed by atoms with van der Waals surface area (Å²) in [6, 6.07) is 2.88. The number of hydrogen-bond donors (Lipinski definition) is 2. The van der Waals surface area contributed by atoms with Gasteiger partial charge in [0.25, 0.3) is 5.56 Å². The predicted molar refractivity (Wildman–Crippen MR) is 102 cm³/mol. The van der Waals surface area contributed by atoms with Gasteiger partial charge in [0.1, 0.15) is 29.4 Å². The molecule has 2 aromatic rings. The van der Waals surface area contributed by atoms with Gasteiger partial charge in [-0.2, -0.15) is 0 Å². The first-order valence-corrected chi connectivity index (χ1v) is 9.94. The topological polar surface area (TPSA) is 85.5 Å². The van der Waals surface area contributed by atoms with E-state index in [1.54, 1.807) is 6.07 Å². The number of nitrogens with zero attached hydrogens (tertiary/aromatic N) is 1. The molecule has 0 atom stereocenters. The van der Waals surface area contributed by atoms with Gasteiger partial charge in [-0.25, -0.2) is 9.37 Å². The molecule has 4 rings (SSSR count). The Morgan fingerprint density at radius 3 is 2.75 bits per heavy atom. The van der Waals surface area contributed by atoms with E-state index in [1.807, 2.05) is 0 Å². The van der Waals surface area contributed by atoms with Crippen LogP contribution in [0.4, 0.5) is 4.39 Å². The molecule has 2 N–H and O–H groups in total. The molecule has 1 aromatic heterocycles. The summed E-state index contributed by atoms with van der Waals surface area (Å²) in [5, 5.41) is 3.23. The number of piperidine rings is 1. The number of hydrogen-bond acceptors (Lipinski definition) is 6. The van der Waals surface area contributed by atoms with Crippen molar-refractivity contribution in [2.24, 2.45) is 5.92 Å². The summed E-state index contributed by atoms with van der Waals surface area (Å²) >= 11 is 0. The molecule has 1 aromatic carbocycles. The summed E-state index contributed by atoms with van der Waals surface area (Å²) in [4.78, 5) is 19.4. The van der Waals surface area contributed by atoms with E-state index in [2.05, 4.69) is 15.3 Å². The molecule has 0 unspecified atom stereocenters. The monoisotopic (exact) mass is 391 g/mol. The van der Waals surface area contributed by atoms with Crippen molar-refractivity contribution in [1.29, 1.82) is 0 Å². The van der Waals surface area contributed by atoms with Crippen LogP contribution in [0, 0.1) is 11.7 Å². The Bertz CT molecular complexity index is 855. The minimum absolute atomic E-state index is 0.0518. The van der Waals surface area contributed by atoms with E-state index < -0.39 is 11.4 Å². The minimum Gasteiger partial charge on any atom is -0.493 e. The number of benzene rings is 1. The third-order valence-corrected chi connectivity index (χ3v) is 5.35. The van der Waals surface area contributed by atoms with Gasteiger partial charge >= 0.3 is 0 Å². The summed E-state index contributed by atoms with van der Waals surface area (Å²) in [5.41, 5.74) is -0.211. The van der Waals surface area contributed by atoms with Crippen LogP contribution in [-0.4, -0.2) is 49.0 Å². The van der Waals surface area contributed by atoms with Gasteiger partial charge in [0.15, 0.2) is 0 Å². The van der Waals surface area contributed by atoms with E-state index in [-0.39, 0.29) is 23.6 Å². The van der Waals surface area contributed by atoms with Gasteiger partial charge in [0, 0.05) is 25.3 Å². The molecule has 7 nitrogen and oxygen atoms in total. The highest BCUT2D eigenvalue weighted by atomic mass is 19.1. The first-order chi connectivity index (χ1) is 13.7. The molecule has 0 spiro atoms. The van der Waals surface area contributed by atoms with Gasteiger partial charge in [0.2, 0.25) is 0 Å². The molecule has 0 saturated carbocycles. The lowest BCUT2D eigenvalue weighted by atomic mass is 10.0. The fourth-order valence-electron chi connectivity index (χ4n) is 3.69. The summed E-state index contributed by atoms with van der Waals surface area (Å²) in [6.07, 6.45) is 3.87. The molecule has 2 fully saturated rings. The number of H-pyrrole nitrogens is 1. The molecular formula is C20H26FN3O4.